The molecule has 7 atom stereocenters. The number of rotatable bonds is 22. The van der Waals surface area contributed by atoms with E-state index in [4.69, 9.17) is 17.2 Å². The number of hydrogen-bond acceptors (Lipinski definition) is 14. The van der Waals surface area contributed by atoms with Gasteiger partial charge in [0.2, 0.25) is 70.9 Å². The molecule has 74 heavy (non-hydrogen) atoms. The number of primary amides is 3. The third-order valence-corrected chi connectivity index (χ3v) is 13.3. The Bertz CT molecular complexity index is 2300. The third-order valence-electron chi connectivity index (χ3n) is 11.6. The fourth-order valence-corrected chi connectivity index (χ4v) is 8.75. The van der Waals surface area contributed by atoms with Crippen molar-refractivity contribution in [3.8, 4) is 5.75 Å². The van der Waals surface area contributed by atoms with E-state index in [1.54, 1.807) is 27.7 Å². The van der Waals surface area contributed by atoms with Crippen LogP contribution in [0.15, 0.2) is 24.3 Å². The molecule has 1 heterocycles. The summed E-state index contributed by atoms with van der Waals surface area (Å²) < 4.78 is 55.5. The molecule has 0 aliphatic carbocycles. The minimum Gasteiger partial charge on any atom is -0.508 e. The maximum atomic E-state index is 14.6. The van der Waals surface area contributed by atoms with Crippen molar-refractivity contribution in [1.82, 2.24) is 42.1 Å². The molecule has 0 saturated carbocycles. The van der Waals surface area contributed by atoms with Gasteiger partial charge in [0.1, 0.15) is 42.0 Å². The van der Waals surface area contributed by atoms with Crippen LogP contribution in [-0.4, -0.2) is 157 Å². The highest BCUT2D eigenvalue weighted by atomic mass is 32.2. The predicted octanol–water partition coefficient (Wildman–Crippen LogP) is -2.85. The number of phenols is 1. The molecule has 0 spiro atoms. The largest absolute Gasteiger partial charge is 0.508 e. The molecular formula is C46H71F2N11O14S. The third kappa shape index (κ3) is 23.7. The average molecular weight is 1070 g/mol. The molecule has 14 N–H and O–H groups in total. The van der Waals surface area contributed by atoms with Gasteiger partial charge in [-0.25, -0.2) is 17.2 Å². The molecule has 0 bridgehead atoms. The second-order valence-corrected chi connectivity index (χ2v) is 21.1. The van der Waals surface area contributed by atoms with E-state index in [-0.39, 0.29) is 30.9 Å². The zero-order valence-electron chi connectivity index (χ0n) is 42.1. The van der Waals surface area contributed by atoms with Gasteiger partial charge in [0.25, 0.3) is 0 Å². The molecule has 25 nitrogen and oxygen atoms in total. The van der Waals surface area contributed by atoms with Gasteiger partial charge < -0.3 is 64.4 Å². The molecule has 1 fully saturated rings. The van der Waals surface area contributed by atoms with E-state index in [1.165, 1.54) is 24.3 Å². The number of aromatic hydroxyl groups is 1. The van der Waals surface area contributed by atoms with Gasteiger partial charge in [-0.3, -0.25) is 52.7 Å². The molecule has 0 aromatic heterocycles. The van der Waals surface area contributed by atoms with Crippen LogP contribution in [0.2, 0.25) is 0 Å². The second-order valence-electron chi connectivity index (χ2n) is 18.8. The van der Waals surface area contributed by atoms with Gasteiger partial charge >= 0.3 is 0 Å². The van der Waals surface area contributed by atoms with Gasteiger partial charge in [0.15, 0.2) is 9.84 Å². The van der Waals surface area contributed by atoms with Crippen LogP contribution in [0.4, 0.5) is 8.78 Å². The van der Waals surface area contributed by atoms with Crippen LogP contribution in [-0.2, 0) is 69.0 Å². The SMILES string of the molecule is CC[C@H](C)[C@@H]1NC(=O)[C@H](Cc2ccc(O)cc2)NC(=O)CCS(=O)(=O)CC[C@@H](C(=O)N(CCCC(C)(F)F)CC(=O)N[C@@H](CC(C)C)C(=O)NCC(N)=O)NC(=O)[C@H](CC(N)=O)NC(=O)C(CCC(N)=O)NC1=O. The Labute approximate surface area is 427 Å². The van der Waals surface area contributed by atoms with Gasteiger partial charge in [0, 0.05) is 32.2 Å². The first-order chi connectivity index (χ1) is 34.4. The van der Waals surface area contributed by atoms with Gasteiger partial charge in [-0.15, -0.1) is 0 Å². The van der Waals surface area contributed by atoms with Crippen LogP contribution in [0, 0.1) is 11.8 Å². The number of amides is 11. The number of hydrogen-bond donors (Lipinski definition) is 11. The lowest BCUT2D eigenvalue weighted by Crippen LogP contribution is -2.61. The van der Waals surface area contributed by atoms with E-state index in [0.717, 1.165) is 0 Å². The molecule has 1 unspecified atom stereocenters. The van der Waals surface area contributed by atoms with Crippen molar-refractivity contribution in [3.05, 3.63) is 29.8 Å². The Morgan fingerprint density at radius 3 is 2.00 bits per heavy atom. The van der Waals surface area contributed by atoms with E-state index in [9.17, 15) is 75.0 Å². The Balaban J connectivity index is 2.78. The van der Waals surface area contributed by atoms with E-state index >= 15 is 0 Å². The second kappa shape index (κ2) is 29.6. The summed E-state index contributed by atoms with van der Waals surface area (Å²) in [6.45, 7) is 5.09. The summed E-state index contributed by atoms with van der Waals surface area (Å²) in [7, 11) is -4.41. The van der Waals surface area contributed by atoms with Crippen LogP contribution in [0.1, 0.15) is 98.0 Å². The maximum Gasteiger partial charge on any atom is 0.245 e. The van der Waals surface area contributed by atoms with Gasteiger partial charge in [-0.05, 0) is 62.1 Å². The monoisotopic (exact) mass is 1070 g/mol. The molecule has 1 aliphatic heterocycles. The summed E-state index contributed by atoms with van der Waals surface area (Å²) in [4.78, 5) is 147. The summed E-state index contributed by atoms with van der Waals surface area (Å²) in [5, 5.41) is 26.5. The first kappa shape index (κ1) is 63.1. The zero-order valence-corrected chi connectivity index (χ0v) is 42.9. The molecule has 2 rings (SSSR count). The fourth-order valence-electron chi connectivity index (χ4n) is 7.46. The molecule has 414 valence electrons. The maximum absolute atomic E-state index is 14.6. The van der Waals surface area contributed by atoms with E-state index in [1.807, 2.05) is 0 Å². The van der Waals surface area contributed by atoms with Crippen molar-refractivity contribution in [2.24, 2.45) is 29.0 Å². The lowest BCUT2D eigenvalue weighted by atomic mass is 9.96. The van der Waals surface area contributed by atoms with Gasteiger partial charge in [0.05, 0.1) is 31.0 Å². The van der Waals surface area contributed by atoms with E-state index < -0.39 is 199 Å². The standard InChI is InChI=1S/C46H71F2N11O14S/c1-6-26(4)39-44(70)55-29(12-13-34(49)61)41(67)57-33(22-35(50)62)42(68)56-30(14-18-74(72,73)19-15-37(64)53-32(43(69)58-39)21-27-8-10-28(60)11-9-27)45(71)59(17-7-16-46(5,47)48)24-38(65)54-31(20-25(2)3)40(66)52-23-36(51)63/h8-11,25-26,29-33,39,60H,6-7,12-24H2,1-5H3,(H2,49,61)(H2,50,62)(H2,51,63)(H,52,66)(H,53,64)(H,54,65)(H,55,70)(H,56,68)(H,57,67)(H,58,69)/t26-,29?,30-,31-,32-,33-,39-/m0/s1. The summed E-state index contributed by atoms with van der Waals surface area (Å²) in [6, 6.07) is -4.41. The summed E-state index contributed by atoms with van der Waals surface area (Å²) >= 11 is 0. The number of nitrogens with zero attached hydrogens (tertiary/aromatic N) is 1. The Hall–Kier alpha value is -7.00. The van der Waals surface area contributed by atoms with Crippen molar-refractivity contribution >= 4 is 74.8 Å². The highest BCUT2D eigenvalue weighted by Gasteiger charge is 2.37. The Kier molecular flexibility index (Phi) is 25.3. The molecule has 1 aliphatic rings. The first-order valence-corrected chi connectivity index (χ1v) is 25.8. The molecular weight excluding hydrogens is 1000 g/mol. The quantitative estimate of drug-likeness (QED) is 0.0557. The van der Waals surface area contributed by atoms with Crippen LogP contribution in [0.5, 0.6) is 5.75 Å². The Morgan fingerprint density at radius 2 is 1.43 bits per heavy atom. The van der Waals surface area contributed by atoms with Crippen LogP contribution >= 0.6 is 0 Å². The smallest absolute Gasteiger partial charge is 0.245 e. The number of nitrogens with two attached hydrogens (primary N) is 3. The van der Waals surface area contributed by atoms with Crippen molar-refractivity contribution in [2.75, 3.05) is 31.1 Å². The summed E-state index contributed by atoms with van der Waals surface area (Å²) in [5.74, 6) is -17.7. The molecule has 1 saturated heterocycles. The number of halogens is 2. The molecule has 1 aromatic carbocycles. The average Bonchev–Trinajstić information content (AvgIpc) is 3.29. The fraction of sp³-hybridized carbons (Fsp3) is 0.630. The minimum atomic E-state index is -4.41. The molecule has 28 heteroatoms. The van der Waals surface area contributed by atoms with Crippen LogP contribution in [0.25, 0.3) is 0 Å². The normalized spacial score (nSPS) is 21.2. The zero-order chi connectivity index (χ0) is 56.1. The minimum absolute atomic E-state index is 0.00561. The number of sulfone groups is 1. The number of carbonyl (C=O) groups excluding carboxylic acids is 11. The first-order valence-electron chi connectivity index (χ1n) is 24.0. The molecule has 0 radical (unpaired) electrons. The topological polar surface area (TPSA) is 408 Å². The van der Waals surface area contributed by atoms with Crippen molar-refractivity contribution in [1.29, 1.82) is 0 Å². The van der Waals surface area contributed by atoms with Crippen LogP contribution < -0.4 is 54.4 Å². The van der Waals surface area contributed by atoms with Crippen molar-refractivity contribution in [3.63, 3.8) is 0 Å². The van der Waals surface area contributed by atoms with Crippen molar-refractivity contribution < 1.29 is 75.0 Å². The van der Waals surface area contributed by atoms with Crippen molar-refractivity contribution in [2.45, 2.75) is 141 Å². The Morgan fingerprint density at radius 1 is 0.824 bits per heavy atom. The highest BCUT2D eigenvalue weighted by Crippen LogP contribution is 2.20. The van der Waals surface area contributed by atoms with Crippen LogP contribution in [0.3, 0.4) is 0 Å². The van der Waals surface area contributed by atoms with Gasteiger partial charge in [-0.1, -0.05) is 46.2 Å². The number of alkyl halides is 2. The predicted molar refractivity (Wildman–Crippen MR) is 261 cm³/mol. The molecule has 1 aromatic rings. The van der Waals surface area contributed by atoms with Gasteiger partial charge in [-0.2, -0.15) is 0 Å². The number of benzene rings is 1. The number of carbonyl (C=O) groups is 11. The summed E-state index contributed by atoms with van der Waals surface area (Å²) in [5.41, 5.74) is 16.4. The highest BCUT2D eigenvalue weighted by molar-refractivity contribution is 7.91. The van der Waals surface area contributed by atoms with E-state index in [2.05, 4.69) is 37.2 Å². The van der Waals surface area contributed by atoms with E-state index in [0.29, 0.717) is 17.4 Å². The summed E-state index contributed by atoms with van der Waals surface area (Å²) in [6.07, 6.45) is -4.88. The lowest BCUT2D eigenvalue weighted by molar-refractivity contribution is -0.141. The number of phenolic OH excluding ortho intramolecular Hbond substituents is 1. The lowest BCUT2D eigenvalue weighted by Gasteiger charge is -2.30. The number of nitrogens with one attached hydrogen (secondary N) is 7. The molecule has 11 amide bonds.